The summed E-state index contributed by atoms with van der Waals surface area (Å²) >= 11 is 12.6. The molecule has 0 aliphatic rings. The van der Waals surface area contributed by atoms with Crippen molar-refractivity contribution < 1.29 is 14.3 Å². The average Bonchev–Trinajstić information content (AvgIpc) is 3.17. The molecule has 0 saturated heterocycles. The second-order valence-corrected chi connectivity index (χ2v) is 8.80. The molecule has 8 nitrogen and oxygen atoms in total. The Labute approximate surface area is 215 Å². The van der Waals surface area contributed by atoms with Crippen LogP contribution >= 0.6 is 23.2 Å². The van der Waals surface area contributed by atoms with Gasteiger partial charge in [-0.05, 0) is 42.5 Å². The molecule has 182 valence electrons. The van der Waals surface area contributed by atoms with Crippen LogP contribution in [0.4, 0.5) is 5.69 Å². The van der Waals surface area contributed by atoms with Crippen molar-refractivity contribution in [3.05, 3.63) is 86.8 Å². The van der Waals surface area contributed by atoms with Gasteiger partial charge in [-0.3, -0.25) is 9.59 Å². The maximum atomic E-state index is 13.7. The first-order valence-corrected chi connectivity index (χ1v) is 11.6. The van der Waals surface area contributed by atoms with Gasteiger partial charge in [-0.15, -0.1) is 0 Å². The van der Waals surface area contributed by atoms with Crippen molar-refractivity contribution in [2.45, 2.75) is 0 Å². The lowest BCUT2D eigenvalue weighted by molar-refractivity contribution is 0.102. The van der Waals surface area contributed by atoms with E-state index in [0.717, 1.165) is 10.9 Å². The van der Waals surface area contributed by atoms with Gasteiger partial charge in [-0.1, -0.05) is 41.4 Å². The Hall–Kier alpha value is -4.01. The Morgan fingerprint density at radius 3 is 2.28 bits per heavy atom. The van der Waals surface area contributed by atoms with Gasteiger partial charge in [0.25, 0.3) is 11.5 Å². The number of aryl methyl sites for hydroxylation is 1. The second-order valence-electron chi connectivity index (χ2n) is 7.99. The number of rotatable bonds is 5. The third-order valence-corrected chi connectivity index (χ3v) is 6.53. The maximum Gasteiger partial charge on any atom is 0.296 e. The zero-order valence-electron chi connectivity index (χ0n) is 19.5. The van der Waals surface area contributed by atoms with Crippen LogP contribution in [0.5, 0.6) is 11.5 Å². The van der Waals surface area contributed by atoms with Gasteiger partial charge in [0.05, 0.1) is 30.0 Å². The van der Waals surface area contributed by atoms with Crippen LogP contribution in [0.25, 0.3) is 27.5 Å². The summed E-state index contributed by atoms with van der Waals surface area (Å²) in [6.07, 6.45) is 0. The van der Waals surface area contributed by atoms with Crippen LogP contribution in [-0.4, -0.2) is 34.5 Å². The number of aromatic nitrogens is 3. The number of hydrogen-bond acceptors (Lipinski definition) is 5. The number of anilines is 1. The quantitative estimate of drug-likeness (QED) is 0.331. The predicted molar refractivity (Wildman–Crippen MR) is 141 cm³/mol. The largest absolute Gasteiger partial charge is 0.495 e. The normalized spacial score (nSPS) is 11.1. The van der Waals surface area contributed by atoms with Gasteiger partial charge in [0.15, 0.2) is 5.69 Å². The number of nitrogens with one attached hydrogen (secondary N) is 1. The maximum absolute atomic E-state index is 13.7. The van der Waals surface area contributed by atoms with Crippen LogP contribution < -0.4 is 20.3 Å². The minimum absolute atomic E-state index is 0.0697. The number of ether oxygens (including phenoxy) is 2. The molecule has 1 amide bonds. The summed E-state index contributed by atoms with van der Waals surface area (Å²) in [6, 6.07) is 17.2. The van der Waals surface area contributed by atoms with E-state index in [1.807, 2.05) is 24.3 Å². The lowest BCUT2D eigenvalue weighted by Crippen LogP contribution is -2.27. The molecular weight excluding hydrogens is 503 g/mol. The lowest BCUT2D eigenvalue weighted by Gasteiger charge is -2.12. The van der Waals surface area contributed by atoms with Crippen molar-refractivity contribution in [1.82, 2.24) is 14.3 Å². The molecule has 5 rings (SSSR count). The molecule has 0 bridgehead atoms. The van der Waals surface area contributed by atoms with Crippen LogP contribution in [0.1, 0.15) is 10.5 Å². The monoisotopic (exact) mass is 522 g/mol. The molecular formula is C26H20Cl2N4O4. The first kappa shape index (κ1) is 23.7. The van der Waals surface area contributed by atoms with Crippen LogP contribution in [0.2, 0.25) is 10.0 Å². The van der Waals surface area contributed by atoms with E-state index in [1.54, 1.807) is 48.0 Å². The second kappa shape index (κ2) is 9.22. The number of nitrogens with zero attached hydrogens (tertiary/aromatic N) is 3. The van der Waals surface area contributed by atoms with Gasteiger partial charge in [0.1, 0.15) is 17.0 Å². The summed E-state index contributed by atoms with van der Waals surface area (Å²) < 4.78 is 13.3. The number of para-hydroxylation sites is 1. The number of amides is 1. The Morgan fingerprint density at radius 1 is 0.944 bits per heavy atom. The van der Waals surface area contributed by atoms with Crippen molar-refractivity contribution in [2.75, 3.05) is 19.5 Å². The molecule has 0 unspecified atom stereocenters. The Balaban J connectivity index is 1.75. The highest BCUT2D eigenvalue weighted by Gasteiger charge is 2.24. The van der Waals surface area contributed by atoms with Crippen molar-refractivity contribution in [1.29, 1.82) is 0 Å². The Morgan fingerprint density at radius 2 is 1.61 bits per heavy atom. The Bertz CT molecular complexity index is 1730. The fourth-order valence-electron chi connectivity index (χ4n) is 4.23. The third kappa shape index (κ3) is 3.84. The topological polar surface area (TPSA) is 87.4 Å². The molecule has 0 atom stereocenters. The van der Waals surface area contributed by atoms with E-state index in [9.17, 15) is 9.59 Å². The SMILES string of the molecule is COc1ccc(NC(=O)c2nn(-c3ccc(OC)c(Cl)c3)c(=O)c3c2c2ccccc2n3C)cc1Cl. The van der Waals surface area contributed by atoms with Gasteiger partial charge in [-0.2, -0.15) is 9.78 Å². The molecule has 36 heavy (non-hydrogen) atoms. The average molecular weight is 523 g/mol. The van der Waals surface area contributed by atoms with Gasteiger partial charge < -0.3 is 19.4 Å². The van der Waals surface area contributed by atoms with Gasteiger partial charge >= 0.3 is 0 Å². The molecule has 0 fully saturated rings. The number of carbonyl (C=O) groups excluding carboxylic acids is 1. The smallest absolute Gasteiger partial charge is 0.296 e. The summed E-state index contributed by atoms with van der Waals surface area (Å²) in [5.74, 6) is 0.425. The van der Waals surface area contributed by atoms with Crippen LogP contribution in [0.15, 0.2) is 65.5 Å². The fraction of sp³-hybridized carbons (Fsp3) is 0.115. The zero-order valence-corrected chi connectivity index (χ0v) is 21.0. The number of hydrogen-bond donors (Lipinski definition) is 1. The van der Waals surface area contributed by atoms with Crippen LogP contribution in [0.3, 0.4) is 0 Å². The van der Waals surface area contributed by atoms with Gasteiger partial charge in [-0.25, -0.2) is 0 Å². The zero-order chi connectivity index (χ0) is 25.6. The molecule has 0 aliphatic heterocycles. The van der Waals surface area contributed by atoms with Crippen molar-refractivity contribution >= 4 is 56.6 Å². The molecule has 1 N–H and O–H groups in total. The van der Waals surface area contributed by atoms with E-state index in [4.69, 9.17) is 32.7 Å². The number of carbonyl (C=O) groups is 1. The molecule has 0 spiro atoms. The molecule has 3 aromatic carbocycles. The van der Waals surface area contributed by atoms with E-state index in [2.05, 4.69) is 10.4 Å². The van der Waals surface area contributed by atoms with E-state index < -0.39 is 11.5 Å². The lowest BCUT2D eigenvalue weighted by atomic mass is 10.1. The van der Waals surface area contributed by atoms with E-state index in [-0.39, 0.29) is 5.69 Å². The van der Waals surface area contributed by atoms with E-state index >= 15 is 0 Å². The first-order valence-electron chi connectivity index (χ1n) is 10.8. The molecule has 0 aliphatic carbocycles. The molecule has 2 aromatic heterocycles. The third-order valence-electron chi connectivity index (χ3n) is 5.94. The van der Waals surface area contributed by atoms with Crippen molar-refractivity contribution in [3.8, 4) is 17.2 Å². The number of halogens is 2. The molecule has 0 radical (unpaired) electrons. The summed E-state index contributed by atoms with van der Waals surface area (Å²) in [7, 11) is 4.79. The van der Waals surface area contributed by atoms with Gasteiger partial charge in [0, 0.05) is 29.0 Å². The summed E-state index contributed by atoms with van der Waals surface area (Å²) in [4.78, 5) is 27.3. The van der Waals surface area contributed by atoms with Gasteiger partial charge in [0.2, 0.25) is 0 Å². The van der Waals surface area contributed by atoms with Crippen LogP contribution in [-0.2, 0) is 7.05 Å². The highest BCUT2D eigenvalue weighted by atomic mass is 35.5. The number of benzene rings is 3. The summed E-state index contributed by atoms with van der Waals surface area (Å²) in [5.41, 5.74) is 1.63. The van der Waals surface area contributed by atoms with Crippen LogP contribution in [0, 0.1) is 0 Å². The fourth-order valence-corrected chi connectivity index (χ4v) is 4.74. The first-order chi connectivity index (χ1) is 17.3. The number of methoxy groups -OCH3 is 2. The molecule has 10 heteroatoms. The van der Waals surface area contributed by atoms with Crippen molar-refractivity contribution in [2.24, 2.45) is 7.05 Å². The molecule has 5 aromatic rings. The summed E-state index contributed by atoms with van der Waals surface area (Å²) in [6.45, 7) is 0. The minimum atomic E-state index is -0.508. The van der Waals surface area contributed by atoms with Crippen molar-refractivity contribution in [3.63, 3.8) is 0 Å². The highest BCUT2D eigenvalue weighted by Crippen LogP contribution is 2.31. The Kier molecular flexibility index (Phi) is 6.07. The highest BCUT2D eigenvalue weighted by molar-refractivity contribution is 6.32. The molecule has 0 saturated carbocycles. The van der Waals surface area contributed by atoms with E-state index in [0.29, 0.717) is 43.8 Å². The summed E-state index contributed by atoms with van der Waals surface area (Å²) in [5, 5.41) is 9.17. The van der Waals surface area contributed by atoms with E-state index in [1.165, 1.54) is 18.9 Å². The standard InChI is InChI=1S/C26H20Cl2N4O4/c1-31-19-7-5-4-6-16(19)22-23(25(33)29-14-8-10-20(35-2)17(27)12-14)30-32(26(34)24(22)31)15-9-11-21(36-3)18(28)13-15/h4-13H,1-3H3,(H,29,33). The minimum Gasteiger partial charge on any atom is -0.495 e. The predicted octanol–water partition coefficient (Wildman–Crippen LogP) is 5.45. The number of fused-ring (bicyclic) bond motifs is 3. The molecule has 2 heterocycles.